The lowest BCUT2D eigenvalue weighted by atomic mass is 10.2. The number of rotatable bonds is 8. The topological polar surface area (TPSA) is 43.8 Å². The summed E-state index contributed by atoms with van der Waals surface area (Å²) in [7, 11) is 0. The van der Waals surface area contributed by atoms with Crippen molar-refractivity contribution in [2.75, 3.05) is 26.2 Å². The van der Waals surface area contributed by atoms with E-state index in [9.17, 15) is 4.79 Å². The molecule has 0 saturated heterocycles. The van der Waals surface area contributed by atoms with Gasteiger partial charge in [0.25, 0.3) is 0 Å². The maximum atomic E-state index is 12.2. The first-order chi connectivity index (χ1) is 8.10. The molecule has 0 aromatic carbocycles. The van der Waals surface area contributed by atoms with Gasteiger partial charge in [-0.25, -0.2) is 0 Å². The highest BCUT2D eigenvalue weighted by atomic mass is 16.3. The summed E-state index contributed by atoms with van der Waals surface area (Å²) in [6.07, 6.45) is 3.07. The Morgan fingerprint density at radius 3 is 2.47 bits per heavy atom. The lowest BCUT2D eigenvalue weighted by Crippen LogP contribution is -2.44. The number of carbonyl (C=O) groups excluding carboxylic acids is 1. The molecule has 1 fully saturated rings. The molecule has 0 aliphatic heterocycles. The van der Waals surface area contributed by atoms with E-state index in [0.29, 0.717) is 18.6 Å². The van der Waals surface area contributed by atoms with Crippen molar-refractivity contribution < 1.29 is 9.90 Å². The molecule has 0 heterocycles. The summed E-state index contributed by atoms with van der Waals surface area (Å²) in [6, 6.07) is 0.850. The molecule has 0 spiro atoms. The Balaban J connectivity index is 2.44. The molecule has 1 N–H and O–H groups in total. The minimum absolute atomic E-state index is 0.192. The molecule has 0 aromatic heterocycles. The zero-order chi connectivity index (χ0) is 12.8. The maximum absolute atomic E-state index is 12.2. The lowest BCUT2D eigenvalue weighted by molar-refractivity contribution is -0.133. The third kappa shape index (κ3) is 4.64. The molecule has 4 heteroatoms. The number of hydrogen-bond acceptors (Lipinski definition) is 3. The number of aliphatic hydroxyl groups excluding tert-OH is 1. The molecule has 1 aliphatic rings. The minimum Gasteiger partial charge on any atom is -0.396 e. The lowest BCUT2D eigenvalue weighted by Gasteiger charge is -2.29. The number of nitrogens with zero attached hydrogens (tertiary/aromatic N) is 2. The monoisotopic (exact) mass is 242 g/mol. The Morgan fingerprint density at radius 2 is 2.06 bits per heavy atom. The average molecular weight is 242 g/mol. The zero-order valence-corrected chi connectivity index (χ0v) is 11.4. The van der Waals surface area contributed by atoms with Crippen LogP contribution < -0.4 is 0 Å². The van der Waals surface area contributed by atoms with Crippen LogP contribution in [0.4, 0.5) is 0 Å². The van der Waals surface area contributed by atoms with Gasteiger partial charge in [-0.2, -0.15) is 0 Å². The molecule has 1 amide bonds. The van der Waals surface area contributed by atoms with Crippen LogP contribution in [-0.2, 0) is 4.79 Å². The van der Waals surface area contributed by atoms with Crippen molar-refractivity contribution in [1.82, 2.24) is 9.80 Å². The first-order valence-corrected chi connectivity index (χ1v) is 6.74. The number of carbonyl (C=O) groups is 1. The summed E-state index contributed by atoms with van der Waals surface area (Å²) in [4.78, 5) is 16.3. The first-order valence-electron chi connectivity index (χ1n) is 6.74. The second kappa shape index (κ2) is 6.97. The van der Waals surface area contributed by atoms with Crippen LogP contribution in [0.1, 0.15) is 40.0 Å². The predicted octanol–water partition coefficient (Wildman–Crippen LogP) is 1.09. The van der Waals surface area contributed by atoms with Crippen LogP contribution >= 0.6 is 0 Å². The molecule has 1 saturated carbocycles. The Hall–Kier alpha value is -0.610. The van der Waals surface area contributed by atoms with Gasteiger partial charge in [0.05, 0.1) is 6.54 Å². The Kier molecular flexibility index (Phi) is 5.92. The Bertz CT molecular complexity index is 240. The standard InChI is InChI=1S/C13H26N2O2/c1-4-15(12-6-7-12)13(17)10-14(11(2)3)8-5-9-16/h11-12,16H,4-10H2,1-3H3. The van der Waals surface area contributed by atoms with Crippen LogP contribution in [0.25, 0.3) is 0 Å². The SMILES string of the molecule is CCN(C(=O)CN(CCCO)C(C)C)C1CC1. The second-order valence-electron chi connectivity index (χ2n) is 5.05. The molecule has 1 aliphatic carbocycles. The highest BCUT2D eigenvalue weighted by Gasteiger charge is 2.31. The molecule has 100 valence electrons. The van der Waals surface area contributed by atoms with Gasteiger partial charge in [0.2, 0.25) is 5.91 Å². The fraction of sp³-hybridized carbons (Fsp3) is 0.923. The van der Waals surface area contributed by atoms with Gasteiger partial charge in [-0.3, -0.25) is 9.69 Å². The molecule has 4 nitrogen and oxygen atoms in total. The largest absolute Gasteiger partial charge is 0.396 e. The van der Waals surface area contributed by atoms with Crippen molar-refractivity contribution >= 4 is 5.91 Å². The summed E-state index contributed by atoms with van der Waals surface area (Å²) >= 11 is 0. The van der Waals surface area contributed by atoms with Crippen molar-refractivity contribution in [3.8, 4) is 0 Å². The van der Waals surface area contributed by atoms with Gasteiger partial charge < -0.3 is 10.0 Å². The third-order valence-electron chi connectivity index (χ3n) is 3.32. The van der Waals surface area contributed by atoms with E-state index in [1.165, 1.54) is 0 Å². The van der Waals surface area contributed by atoms with E-state index in [2.05, 4.69) is 18.7 Å². The average Bonchev–Trinajstić information content (AvgIpc) is 3.09. The number of aliphatic hydroxyl groups is 1. The highest BCUT2D eigenvalue weighted by Crippen LogP contribution is 2.26. The van der Waals surface area contributed by atoms with Crippen LogP contribution in [0.15, 0.2) is 0 Å². The molecule has 1 rings (SSSR count). The van der Waals surface area contributed by atoms with E-state index < -0.39 is 0 Å². The van der Waals surface area contributed by atoms with E-state index >= 15 is 0 Å². The maximum Gasteiger partial charge on any atom is 0.236 e. The van der Waals surface area contributed by atoms with E-state index in [1.807, 2.05) is 11.8 Å². The van der Waals surface area contributed by atoms with Crippen LogP contribution in [0.5, 0.6) is 0 Å². The summed E-state index contributed by atoms with van der Waals surface area (Å²) < 4.78 is 0. The molecule has 0 atom stereocenters. The van der Waals surface area contributed by atoms with E-state index in [0.717, 1.165) is 32.4 Å². The fourth-order valence-corrected chi connectivity index (χ4v) is 2.08. The van der Waals surface area contributed by atoms with Gasteiger partial charge in [-0.1, -0.05) is 0 Å². The van der Waals surface area contributed by atoms with Gasteiger partial charge in [0.15, 0.2) is 0 Å². The fourth-order valence-electron chi connectivity index (χ4n) is 2.08. The summed E-state index contributed by atoms with van der Waals surface area (Å²) in [5.74, 6) is 0.238. The zero-order valence-electron chi connectivity index (χ0n) is 11.4. The highest BCUT2D eigenvalue weighted by molar-refractivity contribution is 5.79. The summed E-state index contributed by atoms with van der Waals surface area (Å²) in [5.41, 5.74) is 0. The first kappa shape index (κ1) is 14.5. The molecule has 0 unspecified atom stereocenters. The quantitative estimate of drug-likeness (QED) is 0.693. The van der Waals surface area contributed by atoms with Crippen LogP contribution in [0.3, 0.4) is 0 Å². The minimum atomic E-state index is 0.192. The molecule has 17 heavy (non-hydrogen) atoms. The molecule has 0 radical (unpaired) electrons. The van der Waals surface area contributed by atoms with Crippen LogP contribution in [0.2, 0.25) is 0 Å². The van der Waals surface area contributed by atoms with Gasteiger partial charge in [0, 0.05) is 31.8 Å². The summed E-state index contributed by atoms with van der Waals surface area (Å²) in [6.45, 7) is 8.52. The molecular weight excluding hydrogens is 216 g/mol. The van der Waals surface area contributed by atoms with Gasteiger partial charge in [0.1, 0.15) is 0 Å². The van der Waals surface area contributed by atoms with Crippen molar-refractivity contribution in [2.45, 2.75) is 52.1 Å². The van der Waals surface area contributed by atoms with Crippen molar-refractivity contribution in [1.29, 1.82) is 0 Å². The van der Waals surface area contributed by atoms with Gasteiger partial charge in [-0.15, -0.1) is 0 Å². The van der Waals surface area contributed by atoms with Crippen LogP contribution in [0, 0.1) is 0 Å². The van der Waals surface area contributed by atoms with Crippen molar-refractivity contribution in [2.24, 2.45) is 0 Å². The van der Waals surface area contributed by atoms with Gasteiger partial charge >= 0.3 is 0 Å². The second-order valence-corrected chi connectivity index (χ2v) is 5.05. The van der Waals surface area contributed by atoms with Crippen LogP contribution in [-0.4, -0.2) is 59.1 Å². The van der Waals surface area contributed by atoms with E-state index in [1.54, 1.807) is 0 Å². The Labute approximate surface area is 105 Å². The molecular formula is C13H26N2O2. The Morgan fingerprint density at radius 1 is 1.41 bits per heavy atom. The molecule has 0 aromatic rings. The summed E-state index contributed by atoms with van der Waals surface area (Å²) in [5, 5.41) is 8.86. The van der Waals surface area contributed by atoms with Gasteiger partial charge in [-0.05, 0) is 40.0 Å². The molecule has 0 bridgehead atoms. The number of amides is 1. The predicted molar refractivity (Wildman–Crippen MR) is 68.8 cm³/mol. The van der Waals surface area contributed by atoms with E-state index in [4.69, 9.17) is 5.11 Å². The van der Waals surface area contributed by atoms with Crippen molar-refractivity contribution in [3.05, 3.63) is 0 Å². The number of likely N-dealkylation sites (N-methyl/N-ethyl adjacent to an activating group) is 1. The third-order valence-corrected chi connectivity index (χ3v) is 3.32. The van der Waals surface area contributed by atoms with E-state index in [-0.39, 0.29) is 12.5 Å². The normalized spacial score (nSPS) is 15.6. The smallest absolute Gasteiger partial charge is 0.236 e. The van der Waals surface area contributed by atoms with Crippen molar-refractivity contribution in [3.63, 3.8) is 0 Å². The number of hydrogen-bond donors (Lipinski definition) is 1.